The van der Waals surface area contributed by atoms with Crippen LogP contribution in [0.5, 0.6) is 5.75 Å². The molecule has 1 aromatic heterocycles. The van der Waals surface area contributed by atoms with E-state index in [-0.39, 0.29) is 23.5 Å². The summed E-state index contributed by atoms with van der Waals surface area (Å²) in [5.41, 5.74) is 1.13. The molecule has 22 heavy (non-hydrogen) atoms. The molecule has 0 unspecified atom stereocenters. The Kier molecular flexibility index (Phi) is 5.77. The van der Waals surface area contributed by atoms with Crippen LogP contribution in [0.1, 0.15) is 12.6 Å². The van der Waals surface area contributed by atoms with Gasteiger partial charge in [0, 0.05) is 18.0 Å². The number of nitrogens with one attached hydrogen (secondary N) is 1. The van der Waals surface area contributed by atoms with Crippen molar-refractivity contribution in [1.82, 2.24) is 4.98 Å². The fourth-order valence-electron chi connectivity index (χ4n) is 1.68. The van der Waals surface area contributed by atoms with Crippen molar-refractivity contribution >= 4 is 23.4 Å². The van der Waals surface area contributed by atoms with E-state index in [0.29, 0.717) is 11.4 Å². The van der Waals surface area contributed by atoms with E-state index in [1.165, 1.54) is 23.9 Å². The second-order valence-electron chi connectivity index (χ2n) is 4.62. The Morgan fingerprint density at radius 2 is 2.23 bits per heavy atom. The molecule has 2 rings (SSSR count). The lowest BCUT2D eigenvalue weighted by Gasteiger charge is -2.11. The number of carbonyl (C=O) groups is 1. The summed E-state index contributed by atoms with van der Waals surface area (Å²) in [5, 5.41) is 2.48. The summed E-state index contributed by atoms with van der Waals surface area (Å²) >= 11 is 1.43. The van der Waals surface area contributed by atoms with Crippen LogP contribution >= 0.6 is 11.8 Å². The van der Waals surface area contributed by atoms with Gasteiger partial charge < -0.3 is 10.1 Å². The van der Waals surface area contributed by atoms with E-state index in [1.54, 1.807) is 31.3 Å². The van der Waals surface area contributed by atoms with Crippen molar-refractivity contribution in [3.63, 3.8) is 0 Å². The normalized spacial score (nSPS) is 11.8. The van der Waals surface area contributed by atoms with Gasteiger partial charge in [0.1, 0.15) is 6.61 Å². The van der Waals surface area contributed by atoms with Crippen LogP contribution in [0.2, 0.25) is 0 Å². The Hall–Kier alpha value is -2.08. The molecule has 1 atom stereocenters. The highest BCUT2D eigenvalue weighted by Gasteiger charge is 2.12. The molecule has 6 heteroatoms. The second kappa shape index (κ2) is 7.79. The highest BCUT2D eigenvalue weighted by molar-refractivity contribution is 7.99. The average molecular weight is 320 g/mol. The second-order valence-corrected chi connectivity index (χ2v) is 5.80. The van der Waals surface area contributed by atoms with E-state index in [0.717, 1.165) is 0 Å². The smallest absolute Gasteiger partial charge is 0.237 e. The number of hydrogen-bond acceptors (Lipinski definition) is 4. The van der Waals surface area contributed by atoms with Gasteiger partial charge in [-0.1, -0.05) is 6.07 Å². The maximum atomic E-state index is 14.0. The minimum absolute atomic E-state index is 0.126. The quantitative estimate of drug-likeness (QED) is 0.885. The molecule has 2 aromatic rings. The lowest BCUT2D eigenvalue weighted by atomic mass is 10.2. The average Bonchev–Trinajstić information content (AvgIpc) is 2.54. The van der Waals surface area contributed by atoms with Crippen LogP contribution < -0.4 is 10.1 Å². The third-order valence-corrected chi connectivity index (χ3v) is 3.95. The fraction of sp³-hybridized carbons (Fsp3) is 0.250. The van der Waals surface area contributed by atoms with Gasteiger partial charge in [0.25, 0.3) is 0 Å². The first-order chi connectivity index (χ1) is 10.6. The van der Waals surface area contributed by atoms with Crippen LogP contribution in [-0.4, -0.2) is 22.4 Å². The molecule has 1 N–H and O–H groups in total. The van der Waals surface area contributed by atoms with E-state index in [9.17, 15) is 9.18 Å². The molecule has 0 saturated carbocycles. The maximum absolute atomic E-state index is 14.0. The molecular formula is C16H17FN2O2S. The van der Waals surface area contributed by atoms with Crippen LogP contribution in [-0.2, 0) is 11.4 Å². The molecule has 0 aliphatic rings. The van der Waals surface area contributed by atoms with Crippen molar-refractivity contribution in [2.45, 2.75) is 18.8 Å². The number of carbonyl (C=O) groups excluding carboxylic acids is 1. The van der Waals surface area contributed by atoms with Crippen molar-refractivity contribution in [2.24, 2.45) is 0 Å². The van der Waals surface area contributed by atoms with Crippen LogP contribution in [0.15, 0.2) is 42.6 Å². The third kappa shape index (κ3) is 4.46. The number of pyridine rings is 1. The zero-order valence-electron chi connectivity index (χ0n) is 12.4. The lowest BCUT2D eigenvalue weighted by Crippen LogP contribution is -2.22. The van der Waals surface area contributed by atoms with Crippen molar-refractivity contribution in [1.29, 1.82) is 0 Å². The molecule has 0 fully saturated rings. The van der Waals surface area contributed by atoms with Crippen molar-refractivity contribution in [3.05, 3.63) is 54.1 Å². The van der Waals surface area contributed by atoms with E-state index < -0.39 is 5.82 Å². The van der Waals surface area contributed by atoms with Crippen LogP contribution in [0.25, 0.3) is 0 Å². The number of benzene rings is 1. The Balaban J connectivity index is 1.99. The molecule has 1 heterocycles. The summed E-state index contributed by atoms with van der Waals surface area (Å²) in [4.78, 5) is 15.9. The van der Waals surface area contributed by atoms with Gasteiger partial charge in [0.2, 0.25) is 5.91 Å². The first-order valence-electron chi connectivity index (χ1n) is 6.76. The SMILES string of the molecule is CS[C@@H](C)C(=O)Nc1ccc(OCc2ccccn2)c(F)c1. The van der Waals surface area contributed by atoms with Crippen molar-refractivity contribution in [3.8, 4) is 5.75 Å². The highest BCUT2D eigenvalue weighted by atomic mass is 32.2. The Morgan fingerprint density at radius 3 is 2.86 bits per heavy atom. The van der Waals surface area contributed by atoms with Gasteiger partial charge >= 0.3 is 0 Å². The predicted molar refractivity (Wildman–Crippen MR) is 86.6 cm³/mol. The largest absolute Gasteiger partial charge is 0.484 e. The maximum Gasteiger partial charge on any atom is 0.237 e. The van der Waals surface area contributed by atoms with Gasteiger partial charge in [-0.2, -0.15) is 11.8 Å². The minimum atomic E-state index is -0.523. The topological polar surface area (TPSA) is 51.2 Å². The number of nitrogens with zero attached hydrogens (tertiary/aromatic N) is 1. The van der Waals surface area contributed by atoms with Gasteiger partial charge in [-0.15, -0.1) is 0 Å². The molecule has 1 amide bonds. The van der Waals surface area contributed by atoms with Crippen LogP contribution in [0, 0.1) is 5.82 Å². The number of hydrogen-bond donors (Lipinski definition) is 1. The van der Waals surface area contributed by atoms with Gasteiger partial charge in [-0.05, 0) is 37.4 Å². The summed E-state index contributed by atoms with van der Waals surface area (Å²) in [5.74, 6) is -0.554. The molecule has 0 aliphatic carbocycles. The summed E-state index contributed by atoms with van der Waals surface area (Å²) in [7, 11) is 0. The van der Waals surface area contributed by atoms with Gasteiger partial charge in [0.15, 0.2) is 11.6 Å². The standard InChI is InChI=1S/C16H17FN2O2S/c1-11(22-2)16(20)19-12-6-7-15(14(17)9-12)21-10-13-5-3-4-8-18-13/h3-9,11H,10H2,1-2H3,(H,19,20)/t11-/m0/s1. The first kappa shape index (κ1) is 16.3. The van der Waals surface area contributed by atoms with Crippen LogP contribution in [0.4, 0.5) is 10.1 Å². The predicted octanol–water partition coefficient (Wildman–Crippen LogP) is 3.49. The zero-order valence-corrected chi connectivity index (χ0v) is 13.2. The summed E-state index contributed by atoms with van der Waals surface area (Å²) in [6.45, 7) is 1.98. The summed E-state index contributed by atoms with van der Waals surface area (Å²) in [6, 6.07) is 9.80. The lowest BCUT2D eigenvalue weighted by molar-refractivity contribution is -0.115. The molecule has 0 bridgehead atoms. The van der Waals surface area contributed by atoms with E-state index >= 15 is 0 Å². The van der Waals surface area contributed by atoms with E-state index in [2.05, 4.69) is 10.3 Å². The number of halogens is 1. The van der Waals surface area contributed by atoms with E-state index in [1.807, 2.05) is 12.3 Å². The molecule has 0 aliphatic heterocycles. The molecular weight excluding hydrogens is 303 g/mol. The Labute approximate surface area is 133 Å². The number of amides is 1. The molecule has 116 valence electrons. The molecule has 1 aromatic carbocycles. The summed E-state index contributed by atoms with van der Waals surface area (Å²) < 4.78 is 19.4. The zero-order chi connectivity index (χ0) is 15.9. The molecule has 0 saturated heterocycles. The summed E-state index contributed by atoms with van der Waals surface area (Å²) in [6.07, 6.45) is 3.50. The number of aromatic nitrogens is 1. The van der Waals surface area contributed by atoms with Crippen molar-refractivity contribution in [2.75, 3.05) is 11.6 Å². The number of rotatable bonds is 6. The van der Waals surface area contributed by atoms with Crippen molar-refractivity contribution < 1.29 is 13.9 Å². The first-order valence-corrected chi connectivity index (χ1v) is 8.05. The Morgan fingerprint density at radius 1 is 1.41 bits per heavy atom. The molecule has 4 nitrogen and oxygen atoms in total. The number of anilines is 1. The fourth-order valence-corrected chi connectivity index (χ4v) is 1.95. The van der Waals surface area contributed by atoms with E-state index in [4.69, 9.17) is 4.74 Å². The highest BCUT2D eigenvalue weighted by Crippen LogP contribution is 2.22. The van der Waals surface area contributed by atoms with Gasteiger partial charge in [-0.3, -0.25) is 9.78 Å². The monoisotopic (exact) mass is 320 g/mol. The third-order valence-electron chi connectivity index (χ3n) is 3.02. The molecule has 0 radical (unpaired) electrons. The van der Waals surface area contributed by atoms with Gasteiger partial charge in [0.05, 0.1) is 10.9 Å². The number of thioether (sulfide) groups is 1. The molecule has 0 spiro atoms. The Bertz CT molecular complexity index is 637. The number of ether oxygens (including phenoxy) is 1. The minimum Gasteiger partial charge on any atom is -0.484 e. The van der Waals surface area contributed by atoms with Crippen LogP contribution in [0.3, 0.4) is 0 Å². The van der Waals surface area contributed by atoms with Gasteiger partial charge in [-0.25, -0.2) is 4.39 Å².